The second-order valence-corrected chi connectivity index (χ2v) is 7.66. The molecule has 0 spiro atoms. The van der Waals surface area contributed by atoms with Crippen LogP contribution in [0.5, 0.6) is 0 Å². The van der Waals surface area contributed by atoms with E-state index in [2.05, 4.69) is 46.1 Å². The molecule has 0 aromatic heterocycles. The molecule has 5 nitrogen and oxygen atoms in total. The Kier molecular flexibility index (Phi) is 6.20. The molecule has 2 unspecified atom stereocenters. The first-order chi connectivity index (χ1) is 10.1. The Bertz CT molecular complexity index is 356. The van der Waals surface area contributed by atoms with E-state index in [1.165, 1.54) is 24.6 Å². The Hall–Kier alpha value is -0.460. The maximum Gasteiger partial charge on any atom is 0.191 e. The maximum atomic E-state index is 5.50. The number of nitrogens with zero attached hydrogens (tertiary/aromatic N) is 2. The fourth-order valence-electron chi connectivity index (χ4n) is 3.05. The van der Waals surface area contributed by atoms with Crippen LogP contribution < -0.4 is 10.6 Å². The maximum absolute atomic E-state index is 5.50. The highest BCUT2D eigenvalue weighted by molar-refractivity contribution is 7.99. The normalized spacial score (nSPS) is 29.8. The quantitative estimate of drug-likeness (QED) is 0.586. The molecule has 1 aliphatic carbocycles. The zero-order valence-electron chi connectivity index (χ0n) is 13.8. The minimum Gasteiger partial charge on any atom is -0.381 e. The zero-order valence-corrected chi connectivity index (χ0v) is 14.6. The predicted molar refractivity (Wildman–Crippen MR) is 91.2 cm³/mol. The number of guanidine groups is 1. The number of thioether (sulfide) groups is 1. The molecule has 0 radical (unpaired) electrons. The molecule has 0 amide bonds. The van der Waals surface area contributed by atoms with Crippen molar-refractivity contribution < 1.29 is 4.74 Å². The molecule has 0 bridgehead atoms. The van der Waals surface area contributed by atoms with Gasteiger partial charge in [0.1, 0.15) is 0 Å². The molecule has 2 fully saturated rings. The Labute approximate surface area is 133 Å². The summed E-state index contributed by atoms with van der Waals surface area (Å²) in [6.07, 6.45) is 1.40. The van der Waals surface area contributed by atoms with Crippen LogP contribution >= 0.6 is 11.8 Å². The van der Waals surface area contributed by atoms with Crippen LogP contribution in [-0.4, -0.2) is 74.8 Å². The smallest absolute Gasteiger partial charge is 0.191 e. The zero-order chi connectivity index (χ0) is 15.3. The van der Waals surface area contributed by atoms with Crippen molar-refractivity contribution in [1.82, 2.24) is 15.5 Å². The highest BCUT2D eigenvalue weighted by Crippen LogP contribution is 2.42. The Morgan fingerprint density at radius 3 is 2.67 bits per heavy atom. The van der Waals surface area contributed by atoms with Gasteiger partial charge in [-0.2, -0.15) is 11.8 Å². The molecule has 0 aromatic rings. The van der Waals surface area contributed by atoms with Gasteiger partial charge in [-0.3, -0.25) is 9.89 Å². The Morgan fingerprint density at radius 2 is 2.10 bits per heavy atom. The predicted octanol–water partition coefficient (Wildman–Crippen LogP) is 1.01. The van der Waals surface area contributed by atoms with Crippen molar-refractivity contribution in [2.45, 2.75) is 32.4 Å². The summed E-state index contributed by atoms with van der Waals surface area (Å²) in [5, 5.41) is 6.97. The lowest BCUT2D eigenvalue weighted by Crippen LogP contribution is -2.63. The van der Waals surface area contributed by atoms with Crippen molar-refractivity contribution in [1.29, 1.82) is 0 Å². The molecule has 2 N–H and O–H groups in total. The molecule has 21 heavy (non-hydrogen) atoms. The van der Waals surface area contributed by atoms with E-state index in [1.807, 2.05) is 7.05 Å². The molecule has 2 atom stereocenters. The number of ether oxygens (including phenoxy) is 1. The fourth-order valence-corrected chi connectivity index (χ4v) is 4.03. The number of hydrogen-bond donors (Lipinski definition) is 2. The lowest BCUT2D eigenvalue weighted by molar-refractivity contribution is -0.0922. The summed E-state index contributed by atoms with van der Waals surface area (Å²) in [5.74, 6) is 3.44. The summed E-state index contributed by atoms with van der Waals surface area (Å²) in [6.45, 7) is 8.97. The first-order valence-corrected chi connectivity index (χ1v) is 9.03. The van der Waals surface area contributed by atoms with Gasteiger partial charge in [-0.15, -0.1) is 0 Å². The summed E-state index contributed by atoms with van der Waals surface area (Å²) in [7, 11) is 3.64. The molecular formula is C15H30N4OS. The van der Waals surface area contributed by atoms with Crippen LogP contribution in [0.15, 0.2) is 4.99 Å². The average molecular weight is 314 g/mol. The van der Waals surface area contributed by atoms with Crippen molar-refractivity contribution >= 4 is 17.7 Å². The van der Waals surface area contributed by atoms with Gasteiger partial charge in [0.2, 0.25) is 0 Å². The molecule has 2 aliphatic rings. The summed E-state index contributed by atoms with van der Waals surface area (Å²) in [5.41, 5.74) is 0.163. The van der Waals surface area contributed by atoms with Gasteiger partial charge in [-0.05, 0) is 6.42 Å². The minimum absolute atomic E-state index is 0.163. The second-order valence-electron chi connectivity index (χ2n) is 6.43. The van der Waals surface area contributed by atoms with Crippen molar-refractivity contribution in [3.8, 4) is 0 Å². The third-order valence-corrected chi connectivity index (χ3v) is 5.76. The molecule has 0 aromatic carbocycles. The van der Waals surface area contributed by atoms with E-state index in [0.29, 0.717) is 12.1 Å². The second kappa shape index (κ2) is 7.70. The van der Waals surface area contributed by atoms with Crippen LogP contribution in [0.4, 0.5) is 0 Å². The van der Waals surface area contributed by atoms with Gasteiger partial charge in [-0.25, -0.2) is 0 Å². The van der Waals surface area contributed by atoms with E-state index in [4.69, 9.17) is 4.74 Å². The molecule has 6 heteroatoms. The third-order valence-electron chi connectivity index (χ3n) is 4.82. The van der Waals surface area contributed by atoms with Crippen LogP contribution in [0.3, 0.4) is 0 Å². The van der Waals surface area contributed by atoms with Crippen LogP contribution in [-0.2, 0) is 4.74 Å². The SMILES string of the molecule is CN=C(NCCN1CCSCC1)NC1CC(OC)C1(C)C. The third kappa shape index (κ3) is 4.27. The minimum atomic E-state index is 0.163. The van der Waals surface area contributed by atoms with Gasteiger partial charge in [0.15, 0.2) is 5.96 Å². The number of aliphatic imine (C=N–C) groups is 1. The van der Waals surface area contributed by atoms with Gasteiger partial charge in [0, 0.05) is 63.3 Å². The van der Waals surface area contributed by atoms with Gasteiger partial charge in [-0.1, -0.05) is 13.8 Å². The largest absolute Gasteiger partial charge is 0.381 e. The monoisotopic (exact) mass is 314 g/mol. The highest BCUT2D eigenvalue weighted by atomic mass is 32.2. The van der Waals surface area contributed by atoms with Crippen LogP contribution in [0.1, 0.15) is 20.3 Å². The Morgan fingerprint density at radius 1 is 1.38 bits per heavy atom. The van der Waals surface area contributed by atoms with Crippen molar-refractivity contribution in [3.63, 3.8) is 0 Å². The van der Waals surface area contributed by atoms with Crippen LogP contribution in [0.2, 0.25) is 0 Å². The van der Waals surface area contributed by atoms with Crippen molar-refractivity contribution in [2.24, 2.45) is 10.4 Å². The van der Waals surface area contributed by atoms with Crippen molar-refractivity contribution in [2.75, 3.05) is 51.8 Å². The molecule has 1 heterocycles. The van der Waals surface area contributed by atoms with Gasteiger partial charge in [0.25, 0.3) is 0 Å². The average Bonchev–Trinajstić information content (AvgIpc) is 2.50. The van der Waals surface area contributed by atoms with E-state index >= 15 is 0 Å². The molecular weight excluding hydrogens is 284 g/mol. The molecule has 1 saturated heterocycles. The Balaban J connectivity index is 1.69. The summed E-state index contributed by atoms with van der Waals surface area (Å²) in [4.78, 5) is 6.86. The fraction of sp³-hybridized carbons (Fsp3) is 0.933. The van der Waals surface area contributed by atoms with E-state index in [0.717, 1.165) is 25.5 Å². The van der Waals surface area contributed by atoms with Crippen molar-refractivity contribution in [3.05, 3.63) is 0 Å². The number of hydrogen-bond acceptors (Lipinski definition) is 4. The van der Waals surface area contributed by atoms with E-state index in [1.54, 1.807) is 7.11 Å². The van der Waals surface area contributed by atoms with E-state index < -0.39 is 0 Å². The van der Waals surface area contributed by atoms with Gasteiger partial charge >= 0.3 is 0 Å². The molecule has 1 saturated carbocycles. The summed E-state index contributed by atoms with van der Waals surface area (Å²) >= 11 is 2.05. The summed E-state index contributed by atoms with van der Waals surface area (Å²) < 4.78 is 5.50. The van der Waals surface area contributed by atoms with E-state index in [-0.39, 0.29) is 5.41 Å². The molecule has 2 rings (SSSR count). The number of methoxy groups -OCH3 is 1. The highest BCUT2D eigenvalue weighted by Gasteiger charge is 2.48. The van der Waals surface area contributed by atoms with Crippen LogP contribution in [0.25, 0.3) is 0 Å². The topological polar surface area (TPSA) is 48.9 Å². The number of rotatable bonds is 5. The molecule has 122 valence electrons. The number of nitrogens with one attached hydrogen (secondary N) is 2. The lowest BCUT2D eigenvalue weighted by Gasteiger charge is -2.51. The first kappa shape index (κ1) is 16.9. The van der Waals surface area contributed by atoms with E-state index in [9.17, 15) is 0 Å². The first-order valence-electron chi connectivity index (χ1n) is 7.88. The van der Waals surface area contributed by atoms with Gasteiger partial charge in [0.05, 0.1) is 6.10 Å². The van der Waals surface area contributed by atoms with Crippen LogP contribution in [0, 0.1) is 5.41 Å². The summed E-state index contributed by atoms with van der Waals surface area (Å²) in [6, 6.07) is 0.431. The van der Waals surface area contributed by atoms with Gasteiger partial charge < -0.3 is 15.4 Å². The lowest BCUT2D eigenvalue weighted by atomic mass is 9.64. The molecule has 1 aliphatic heterocycles. The standard InChI is InChI=1S/C15H30N4OS/c1-15(2)12(11-13(15)20-4)18-14(16-3)17-5-6-19-7-9-21-10-8-19/h12-13H,5-11H2,1-4H3,(H2,16,17,18).